The maximum absolute atomic E-state index is 12.4. The van der Waals surface area contributed by atoms with Crippen molar-refractivity contribution < 1.29 is 21.6 Å². The highest BCUT2D eigenvalue weighted by molar-refractivity contribution is 7.91. The molecule has 1 fully saturated rings. The van der Waals surface area contributed by atoms with Crippen molar-refractivity contribution in [1.29, 1.82) is 0 Å². The first-order valence-corrected chi connectivity index (χ1v) is 11.1. The molecule has 9 heteroatoms. The second kappa shape index (κ2) is 7.20. The van der Waals surface area contributed by atoms with E-state index in [0.29, 0.717) is 25.1 Å². The van der Waals surface area contributed by atoms with Crippen molar-refractivity contribution in [3.05, 3.63) is 29.8 Å². The number of nitrogens with zero attached hydrogens (tertiary/aromatic N) is 1. The Morgan fingerprint density at radius 1 is 1.21 bits per heavy atom. The molecule has 1 N–H and O–H groups in total. The molecule has 1 aliphatic heterocycles. The Labute approximate surface area is 143 Å². The molecule has 2 rings (SSSR count). The van der Waals surface area contributed by atoms with Gasteiger partial charge in [0.2, 0.25) is 10.0 Å². The lowest BCUT2D eigenvalue weighted by molar-refractivity contribution is 0.0941. The van der Waals surface area contributed by atoms with Gasteiger partial charge in [0.25, 0.3) is 5.91 Å². The van der Waals surface area contributed by atoms with Crippen LogP contribution in [0.25, 0.3) is 0 Å². The number of hydrogen-bond donors (Lipinski definition) is 1. The molecule has 7 nitrogen and oxygen atoms in total. The van der Waals surface area contributed by atoms with Crippen LogP contribution in [-0.4, -0.2) is 57.7 Å². The number of sulfonamides is 1. The predicted molar refractivity (Wildman–Crippen MR) is 91.1 cm³/mol. The Morgan fingerprint density at radius 2 is 1.79 bits per heavy atom. The molecule has 0 spiro atoms. The summed E-state index contributed by atoms with van der Waals surface area (Å²) in [7, 11) is -6.62. The highest BCUT2D eigenvalue weighted by atomic mass is 32.2. The van der Waals surface area contributed by atoms with Crippen LogP contribution < -0.4 is 5.32 Å². The van der Waals surface area contributed by atoms with Crippen molar-refractivity contribution in [1.82, 2.24) is 9.62 Å². The molecule has 1 aliphatic rings. The van der Waals surface area contributed by atoms with Gasteiger partial charge in [-0.25, -0.2) is 16.8 Å². The summed E-state index contributed by atoms with van der Waals surface area (Å²) in [5.74, 6) is -0.365. The first kappa shape index (κ1) is 18.9. The van der Waals surface area contributed by atoms with Crippen LogP contribution in [0, 0.1) is 0 Å². The number of amides is 1. The fourth-order valence-electron chi connectivity index (χ4n) is 2.67. The lowest BCUT2D eigenvalue weighted by atomic mass is 10.2. The van der Waals surface area contributed by atoms with Crippen molar-refractivity contribution in [3.8, 4) is 0 Å². The summed E-state index contributed by atoms with van der Waals surface area (Å²) < 4.78 is 48.9. The highest BCUT2D eigenvalue weighted by Crippen LogP contribution is 2.17. The molecule has 1 atom stereocenters. The van der Waals surface area contributed by atoms with Crippen molar-refractivity contribution in [2.24, 2.45) is 0 Å². The second-order valence-electron chi connectivity index (χ2n) is 5.69. The van der Waals surface area contributed by atoms with E-state index in [0.717, 1.165) is 0 Å². The van der Waals surface area contributed by atoms with Crippen LogP contribution in [0.15, 0.2) is 29.2 Å². The minimum Gasteiger partial charge on any atom is -0.348 e. The number of rotatable bonds is 6. The molecule has 0 bridgehead atoms. The predicted octanol–water partition coefficient (Wildman–Crippen LogP) is 0.634. The first-order valence-electron chi connectivity index (χ1n) is 7.81. The van der Waals surface area contributed by atoms with Crippen LogP contribution in [0.1, 0.15) is 30.6 Å². The van der Waals surface area contributed by atoms with Crippen LogP contribution in [0.4, 0.5) is 0 Å². The monoisotopic (exact) mass is 374 g/mol. The standard InChI is InChI=1S/C15H22N2O5S2/c1-3-17(4-2)24(21,22)14-7-5-12(6-8-14)15(18)16-13-9-10-23(19,20)11-13/h5-8,13H,3-4,9-11H2,1-2H3,(H,16,18). The van der Waals surface area contributed by atoms with E-state index in [9.17, 15) is 21.6 Å². The largest absolute Gasteiger partial charge is 0.348 e. The number of nitrogens with one attached hydrogen (secondary N) is 1. The Hall–Kier alpha value is -1.45. The fraction of sp³-hybridized carbons (Fsp3) is 0.533. The quantitative estimate of drug-likeness (QED) is 0.787. The summed E-state index contributed by atoms with van der Waals surface area (Å²) in [6.45, 7) is 4.27. The molecule has 1 aromatic carbocycles. The molecule has 1 heterocycles. The lowest BCUT2D eigenvalue weighted by Gasteiger charge is -2.18. The maximum Gasteiger partial charge on any atom is 0.251 e. The van der Waals surface area contributed by atoms with Crippen molar-refractivity contribution in [2.75, 3.05) is 24.6 Å². The van der Waals surface area contributed by atoms with Crippen LogP contribution in [0.3, 0.4) is 0 Å². The zero-order valence-corrected chi connectivity index (χ0v) is 15.4. The maximum atomic E-state index is 12.4. The Morgan fingerprint density at radius 3 is 2.25 bits per heavy atom. The molecule has 24 heavy (non-hydrogen) atoms. The van der Waals surface area contributed by atoms with E-state index >= 15 is 0 Å². The number of hydrogen-bond acceptors (Lipinski definition) is 5. The van der Waals surface area contributed by atoms with Crippen LogP contribution in [0.5, 0.6) is 0 Å². The Bertz CT molecular complexity index is 797. The second-order valence-corrected chi connectivity index (χ2v) is 9.85. The van der Waals surface area contributed by atoms with Crippen LogP contribution in [0.2, 0.25) is 0 Å². The van der Waals surface area contributed by atoms with Gasteiger partial charge >= 0.3 is 0 Å². The number of sulfone groups is 1. The molecule has 1 amide bonds. The number of carbonyl (C=O) groups is 1. The van der Waals surface area contributed by atoms with E-state index in [2.05, 4.69) is 5.32 Å². The third kappa shape index (κ3) is 4.14. The summed E-state index contributed by atoms with van der Waals surface area (Å²) in [6, 6.07) is 5.29. The zero-order valence-electron chi connectivity index (χ0n) is 13.7. The molecular formula is C15H22N2O5S2. The minimum atomic E-state index is -3.56. The smallest absolute Gasteiger partial charge is 0.251 e. The highest BCUT2D eigenvalue weighted by Gasteiger charge is 2.29. The Kier molecular flexibility index (Phi) is 5.67. The van der Waals surface area contributed by atoms with E-state index in [4.69, 9.17) is 0 Å². The zero-order chi connectivity index (χ0) is 18.0. The van der Waals surface area contributed by atoms with E-state index in [1.807, 2.05) is 0 Å². The summed E-state index contributed by atoms with van der Waals surface area (Å²) in [6.07, 6.45) is 0.405. The summed E-state index contributed by atoms with van der Waals surface area (Å²) in [5.41, 5.74) is 0.304. The van der Waals surface area contributed by atoms with E-state index in [1.165, 1.54) is 28.6 Å². The molecule has 1 unspecified atom stereocenters. The normalized spacial score (nSPS) is 20.2. The van der Waals surface area contributed by atoms with Gasteiger partial charge < -0.3 is 5.32 Å². The lowest BCUT2D eigenvalue weighted by Crippen LogP contribution is -2.35. The molecule has 1 saturated heterocycles. The van der Waals surface area contributed by atoms with Gasteiger partial charge in [-0.15, -0.1) is 0 Å². The molecule has 1 aromatic rings. The SMILES string of the molecule is CCN(CC)S(=O)(=O)c1ccc(C(=O)NC2CCS(=O)(=O)C2)cc1. The molecule has 0 radical (unpaired) electrons. The van der Waals surface area contributed by atoms with Gasteiger partial charge in [-0.05, 0) is 30.7 Å². The van der Waals surface area contributed by atoms with Crippen LogP contribution in [-0.2, 0) is 19.9 Å². The van der Waals surface area contributed by atoms with Gasteiger partial charge in [0, 0.05) is 24.7 Å². The van der Waals surface area contributed by atoms with Crippen molar-refractivity contribution in [2.45, 2.75) is 31.2 Å². The number of carbonyl (C=O) groups excluding carboxylic acids is 1. The van der Waals surface area contributed by atoms with E-state index in [-0.39, 0.29) is 22.4 Å². The van der Waals surface area contributed by atoms with E-state index in [1.54, 1.807) is 13.8 Å². The molecular weight excluding hydrogens is 352 g/mol. The van der Waals surface area contributed by atoms with Crippen LogP contribution >= 0.6 is 0 Å². The molecule has 134 valence electrons. The summed E-state index contributed by atoms with van der Waals surface area (Å²) >= 11 is 0. The average Bonchev–Trinajstić information content (AvgIpc) is 2.87. The van der Waals surface area contributed by atoms with Gasteiger partial charge in [-0.3, -0.25) is 4.79 Å². The van der Waals surface area contributed by atoms with Gasteiger partial charge in [-0.1, -0.05) is 13.8 Å². The fourth-order valence-corrected chi connectivity index (χ4v) is 5.80. The average molecular weight is 374 g/mol. The molecule has 0 saturated carbocycles. The summed E-state index contributed by atoms with van der Waals surface area (Å²) in [5, 5.41) is 2.68. The third-order valence-corrected chi connectivity index (χ3v) is 7.86. The molecule has 0 aliphatic carbocycles. The number of benzene rings is 1. The van der Waals surface area contributed by atoms with E-state index < -0.39 is 25.8 Å². The third-order valence-electron chi connectivity index (χ3n) is 4.03. The topological polar surface area (TPSA) is 101 Å². The van der Waals surface area contributed by atoms with Gasteiger partial charge in [0.1, 0.15) is 0 Å². The first-order chi connectivity index (χ1) is 11.2. The minimum absolute atomic E-state index is 0.0484. The van der Waals surface area contributed by atoms with Crippen molar-refractivity contribution >= 4 is 25.8 Å². The van der Waals surface area contributed by atoms with Gasteiger partial charge in [0.15, 0.2) is 9.84 Å². The van der Waals surface area contributed by atoms with Crippen molar-refractivity contribution in [3.63, 3.8) is 0 Å². The van der Waals surface area contributed by atoms with Gasteiger partial charge in [-0.2, -0.15) is 4.31 Å². The molecule has 0 aromatic heterocycles. The van der Waals surface area contributed by atoms with Gasteiger partial charge in [0.05, 0.1) is 16.4 Å². The summed E-state index contributed by atoms with van der Waals surface area (Å²) in [4.78, 5) is 12.3. The Balaban J connectivity index is 2.10.